The summed E-state index contributed by atoms with van der Waals surface area (Å²) in [6.07, 6.45) is 0. The molecule has 20 aromatic carbocycles. The Morgan fingerprint density at radius 1 is 0.179 bits per heavy atom. The van der Waals surface area contributed by atoms with Crippen LogP contribution >= 0.6 is 0 Å². The minimum atomic E-state index is -0.782. The van der Waals surface area contributed by atoms with E-state index in [4.69, 9.17) is 0 Å². The lowest BCUT2D eigenvalue weighted by Gasteiger charge is -2.40. The van der Waals surface area contributed by atoms with Gasteiger partial charge in [-0.15, -0.1) is 0 Å². The molecule has 23 aromatic rings. The summed E-state index contributed by atoms with van der Waals surface area (Å²) in [7, 11) is 0. The van der Waals surface area contributed by atoms with E-state index < -0.39 is 10.8 Å². The molecule has 5 nitrogen and oxygen atoms in total. The zero-order chi connectivity index (χ0) is 80.3. The Hall–Kier alpha value is -16.1. The Kier molecular flexibility index (Phi) is 14.2. The first-order chi connectivity index (χ1) is 61.0. The minimum Gasteiger partial charge on any atom is -0.310 e. The van der Waals surface area contributed by atoms with Crippen molar-refractivity contribution in [2.24, 2.45) is 0 Å². The van der Waals surface area contributed by atoms with Gasteiger partial charge in [-0.1, -0.05) is 291 Å². The lowest BCUT2D eigenvalue weighted by molar-refractivity contribution is 0.749. The topological polar surface area (TPSA) is 21.3 Å². The molecule has 2 atom stereocenters. The standard InChI is InChI=1S/C118H73N5/c1-5-28-74(29-6-1)75-30-23-31-76(64-75)77-32-24-40-86(66-77)119(83-34-7-2-8-35-83)87-60-63-113-107(71-87)117(102-50-26-46-95-93-45-17-22-54-110(93)123(113)115(95)102)100-48-18-13-41-89(100)98-67-79-57-56-78(65-82(79)70-104(98)117)80-58-62-112-106(69-80)118(103-51-27-47-96-92-44-16-21-53-109(92)122(112)116(96)103)101-49-19-14-42-90(101)99-68-81-33-25-55-111(97(81)73-105(99)118)120(84-36-9-3-10-37-84)88-59-61-94-91-43-15-20-52-108(91)121(114(94)72-88)85-38-11-4-12-39-85/h1-73H. The van der Waals surface area contributed by atoms with Gasteiger partial charge in [0.1, 0.15) is 0 Å². The number of nitrogens with zero attached hydrogens (tertiary/aromatic N) is 5. The van der Waals surface area contributed by atoms with Crippen molar-refractivity contribution in [3.05, 3.63) is 487 Å². The highest BCUT2D eigenvalue weighted by atomic mass is 15.2. The predicted molar refractivity (Wildman–Crippen MR) is 512 cm³/mol. The van der Waals surface area contributed by atoms with E-state index in [-0.39, 0.29) is 0 Å². The van der Waals surface area contributed by atoms with E-state index in [2.05, 4.69) is 466 Å². The van der Waals surface area contributed by atoms with Crippen molar-refractivity contribution in [1.82, 2.24) is 13.7 Å². The smallest absolute Gasteiger partial charge is 0.0755 e. The molecule has 0 fully saturated rings. The number of hydrogen-bond acceptors (Lipinski definition) is 2. The van der Waals surface area contributed by atoms with Gasteiger partial charge in [0.15, 0.2) is 0 Å². The lowest BCUT2D eigenvalue weighted by Crippen LogP contribution is -2.33. The molecular weight excluding hydrogens is 1490 g/mol. The maximum absolute atomic E-state index is 2.60. The number of hydrogen-bond donors (Lipinski definition) is 0. The number of benzene rings is 20. The molecule has 5 heterocycles. The molecule has 0 radical (unpaired) electrons. The predicted octanol–water partition coefficient (Wildman–Crippen LogP) is 30.6. The van der Waals surface area contributed by atoms with E-state index in [9.17, 15) is 0 Å². The van der Waals surface area contributed by atoms with E-state index in [0.29, 0.717) is 0 Å². The zero-order valence-electron chi connectivity index (χ0n) is 66.9. The molecule has 0 amide bonds. The highest BCUT2D eigenvalue weighted by Crippen LogP contribution is 2.65. The van der Waals surface area contributed by atoms with Gasteiger partial charge in [-0.2, -0.15) is 0 Å². The summed E-state index contributed by atoms with van der Waals surface area (Å²) in [6.45, 7) is 0. The summed E-state index contributed by atoms with van der Waals surface area (Å²) in [5, 5.41) is 12.1. The van der Waals surface area contributed by atoms with Gasteiger partial charge in [-0.3, -0.25) is 0 Å². The van der Waals surface area contributed by atoms with Crippen LogP contribution in [0.15, 0.2) is 443 Å². The first-order valence-electron chi connectivity index (χ1n) is 42.8. The Balaban J connectivity index is 0.669. The summed E-state index contributed by atoms with van der Waals surface area (Å²) >= 11 is 0. The second-order valence-electron chi connectivity index (χ2n) is 33.7. The van der Waals surface area contributed by atoms with Crippen LogP contribution in [0.4, 0.5) is 34.1 Å². The van der Waals surface area contributed by atoms with Crippen LogP contribution in [0.25, 0.3) is 160 Å². The monoisotopic (exact) mass is 1560 g/mol. The van der Waals surface area contributed by atoms with Crippen LogP contribution in [0.3, 0.4) is 0 Å². The molecule has 5 heteroatoms. The normalized spacial score (nSPS) is 14.9. The third-order valence-electron chi connectivity index (χ3n) is 27.7. The van der Waals surface area contributed by atoms with Crippen LogP contribution in [0.2, 0.25) is 0 Å². The number of para-hydroxylation sites is 8. The van der Waals surface area contributed by atoms with Crippen LogP contribution in [-0.2, 0) is 10.8 Å². The average molecular weight is 1560 g/mol. The van der Waals surface area contributed by atoms with Crippen molar-refractivity contribution in [2.75, 3.05) is 9.80 Å². The van der Waals surface area contributed by atoms with Crippen molar-refractivity contribution in [2.45, 2.75) is 10.8 Å². The quantitative estimate of drug-likeness (QED) is 0.136. The van der Waals surface area contributed by atoms with Crippen LogP contribution < -0.4 is 9.80 Å². The van der Waals surface area contributed by atoms with Crippen molar-refractivity contribution < 1.29 is 0 Å². The Morgan fingerprint density at radius 2 is 0.610 bits per heavy atom. The fourth-order valence-corrected chi connectivity index (χ4v) is 22.7. The molecule has 2 aliphatic carbocycles. The molecule has 570 valence electrons. The third-order valence-corrected chi connectivity index (χ3v) is 27.7. The van der Waals surface area contributed by atoms with Gasteiger partial charge in [0.2, 0.25) is 0 Å². The highest BCUT2D eigenvalue weighted by Gasteiger charge is 2.54. The molecule has 123 heavy (non-hydrogen) atoms. The van der Waals surface area contributed by atoms with E-state index in [1.807, 2.05) is 0 Å². The van der Waals surface area contributed by atoms with E-state index in [0.717, 1.165) is 62.0 Å². The van der Waals surface area contributed by atoms with Gasteiger partial charge in [0.05, 0.1) is 61.0 Å². The fraction of sp³-hybridized carbons (Fsp3) is 0.0169. The van der Waals surface area contributed by atoms with Gasteiger partial charge < -0.3 is 23.5 Å². The van der Waals surface area contributed by atoms with Gasteiger partial charge in [0, 0.05) is 71.8 Å². The maximum Gasteiger partial charge on any atom is 0.0755 e. The van der Waals surface area contributed by atoms with Gasteiger partial charge in [-0.05, 0) is 268 Å². The summed E-state index contributed by atoms with van der Waals surface area (Å²) < 4.78 is 7.60. The van der Waals surface area contributed by atoms with Gasteiger partial charge in [-0.25, -0.2) is 0 Å². The Labute approximate surface area is 710 Å². The van der Waals surface area contributed by atoms with Crippen molar-refractivity contribution in [3.63, 3.8) is 0 Å². The van der Waals surface area contributed by atoms with E-state index >= 15 is 0 Å². The highest BCUT2D eigenvalue weighted by molar-refractivity contribution is 6.17. The lowest BCUT2D eigenvalue weighted by atomic mass is 9.64. The third kappa shape index (κ3) is 9.40. The molecule has 2 spiro atoms. The molecule has 2 aliphatic heterocycles. The summed E-state index contributed by atoms with van der Waals surface area (Å²) in [6, 6.07) is 168. The molecule has 0 N–H and O–H groups in total. The van der Waals surface area contributed by atoms with Gasteiger partial charge >= 0.3 is 0 Å². The van der Waals surface area contributed by atoms with Crippen LogP contribution in [0, 0.1) is 0 Å². The Bertz CT molecular complexity index is 8460. The number of anilines is 6. The number of aromatic nitrogens is 3. The molecular formula is C118H73N5. The van der Waals surface area contributed by atoms with Crippen molar-refractivity contribution >= 4 is 121 Å². The van der Waals surface area contributed by atoms with Gasteiger partial charge in [0.25, 0.3) is 0 Å². The zero-order valence-corrected chi connectivity index (χ0v) is 66.9. The Morgan fingerprint density at radius 3 is 1.28 bits per heavy atom. The van der Waals surface area contributed by atoms with Crippen LogP contribution in [-0.4, -0.2) is 13.7 Å². The first kappa shape index (κ1) is 67.9. The maximum atomic E-state index is 2.60. The average Bonchev–Trinajstić information content (AvgIpc) is 1.51. The molecule has 27 rings (SSSR count). The molecule has 0 bridgehead atoms. The van der Waals surface area contributed by atoms with E-state index in [1.54, 1.807) is 0 Å². The second kappa shape index (κ2) is 25.7. The molecule has 4 aliphatic rings. The van der Waals surface area contributed by atoms with Crippen LogP contribution in [0.1, 0.15) is 44.5 Å². The van der Waals surface area contributed by atoms with Crippen molar-refractivity contribution in [1.29, 1.82) is 0 Å². The molecule has 0 saturated heterocycles. The van der Waals surface area contributed by atoms with Crippen LogP contribution in [0.5, 0.6) is 0 Å². The molecule has 2 unspecified atom stereocenters. The summed E-state index contributed by atoms with van der Waals surface area (Å²) in [5.41, 5.74) is 37.8. The first-order valence-corrected chi connectivity index (χ1v) is 42.8. The SMILES string of the molecule is c1ccc(-c2cccc(-c3cccc(N(c4ccccc4)c4ccc5c(c4)C4(c6ccccc6-c6cc7ccc(-c8ccc9c(c8)C8(c%10ccccc%10-c%10cc%11cccc(N(c%12ccccc%12)c%12ccc%13c%14ccccc%14n(-c%14ccccc%14)c%13c%12)c%11cc%108)c8cccc%10c%11ccccc%11n-9c8%10)cc7cc64)c4cccc6c7ccccc7n-5c46)c3)c2)cc1. The summed E-state index contributed by atoms with van der Waals surface area (Å²) in [5.74, 6) is 0. The molecule has 0 saturated carbocycles. The molecule has 3 aromatic heterocycles. The number of fused-ring (bicyclic) bond motifs is 29. The fourth-order valence-electron chi connectivity index (χ4n) is 22.7. The number of rotatable bonds is 10. The summed E-state index contributed by atoms with van der Waals surface area (Å²) in [4.78, 5) is 4.96. The largest absolute Gasteiger partial charge is 0.310 e. The second-order valence-corrected chi connectivity index (χ2v) is 33.7. The van der Waals surface area contributed by atoms with E-state index in [1.165, 1.54) is 176 Å². The van der Waals surface area contributed by atoms with Crippen molar-refractivity contribution in [3.8, 4) is 72.7 Å². The minimum absolute atomic E-state index is 0.771.